The second kappa shape index (κ2) is 9.40. The van der Waals surface area contributed by atoms with Crippen LogP contribution in [0.4, 0.5) is 0 Å². The van der Waals surface area contributed by atoms with Crippen molar-refractivity contribution < 1.29 is 14.6 Å². The molecule has 0 heterocycles. The molecule has 2 aromatic rings. The largest absolute Gasteiger partial charge is 0.394 e. The van der Waals surface area contributed by atoms with Gasteiger partial charge in [-0.2, -0.15) is 0 Å². The maximum Gasteiger partial charge on any atom is 0.0718 e. The molecule has 0 aliphatic heterocycles. The Hall–Kier alpha value is -1.72. The lowest BCUT2D eigenvalue weighted by molar-refractivity contribution is -0.00459. The van der Waals surface area contributed by atoms with E-state index in [1.54, 1.807) is 0 Å². The van der Waals surface area contributed by atoms with Crippen molar-refractivity contribution in [1.29, 1.82) is 0 Å². The molecule has 1 fully saturated rings. The second-order valence-corrected chi connectivity index (χ2v) is 8.76. The molecule has 4 heteroatoms. The fourth-order valence-corrected chi connectivity index (χ4v) is 4.76. The third-order valence-corrected chi connectivity index (χ3v) is 6.54. The van der Waals surface area contributed by atoms with Gasteiger partial charge < -0.3 is 20.3 Å². The molecule has 0 unspecified atom stereocenters. The molecule has 1 saturated carbocycles. The van der Waals surface area contributed by atoms with E-state index in [1.807, 2.05) is 18.2 Å². The van der Waals surface area contributed by atoms with Crippen LogP contribution in [0.15, 0.2) is 48.5 Å². The molecule has 4 nitrogen and oxygen atoms in total. The number of rotatable bonds is 8. The van der Waals surface area contributed by atoms with E-state index >= 15 is 0 Å². The molecule has 2 aliphatic rings. The molecule has 3 N–H and O–H groups in total. The lowest BCUT2D eigenvalue weighted by Crippen LogP contribution is -2.40. The van der Waals surface area contributed by atoms with Crippen LogP contribution in [0.5, 0.6) is 0 Å². The molecule has 0 radical (unpaired) electrons. The smallest absolute Gasteiger partial charge is 0.0718 e. The second-order valence-electron chi connectivity index (χ2n) is 8.76. The van der Waals surface area contributed by atoms with E-state index in [2.05, 4.69) is 30.3 Å². The zero-order valence-corrected chi connectivity index (χ0v) is 17.2. The first-order valence-electron chi connectivity index (χ1n) is 10.9. The van der Waals surface area contributed by atoms with Gasteiger partial charge in [0.1, 0.15) is 0 Å². The van der Waals surface area contributed by atoms with Crippen LogP contribution in [0, 0.1) is 0 Å². The Kier molecular flexibility index (Phi) is 6.66. The van der Waals surface area contributed by atoms with Gasteiger partial charge in [-0.05, 0) is 66.7 Å². The number of nitrogens with two attached hydrogens (primary N) is 1. The summed E-state index contributed by atoms with van der Waals surface area (Å²) in [4.78, 5) is 0. The summed E-state index contributed by atoms with van der Waals surface area (Å²) in [5.74, 6) is 0.480. The fraction of sp³-hybridized carbons (Fsp3) is 0.520. The standard InChI is InChI=1S/C25H33NO3/c26-25(18-27)11-10-23(16-25)21-6-7-22-15-24(9-8-20(22)14-21)29-13-12-28-17-19-4-2-1-3-5-19/h1-7,14,23-24,27H,8-13,15-18,26H2/t23-,24+,25+/m0/s1. The van der Waals surface area contributed by atoms with Gasteiger partial charge >= 0.3 is 0 Å². The van der Waals surface area contributed by atoms with Gasteiger partial charge in [0.05, 0.1) is 32.5 Å². The summed E-state index contributed by atoms with van der Waals surface area (Å²) in [7, 11) is 0. The molecule has 4 rings (SSSR count). The summed E-state index contributed by atoms with van der Waals surface area (Å²) in [6.45, 7) is 2.00. The van der Waals surface area contributed by atoms with Crippen LogP contribution in [-0.4, -0.2) is 36.6 Å². The SMILES string of the molecule is N[C@]1(CO)CC[C@H](c2ccc3c(c2)CC[C@@H](OCCOCc2ccccc2)C3)C1. The van der Waals surface area contributed by atoms with E-state index in [4.69, 9.17) is 15.2 Å². The van der Waals surface area contributed by atoms with E-state index in [9.17, 15) is 5.11 Å². The fourth-order valence-electron chi connectivity index (χ4n) is 4.76. The minimum Gasteiger partial charge on any atom is -0.394 e. The van der Waals surface area contributed by atoms with Crippen molar-refractivity contribution in [2.75, 3.05) is 19.8 Å². The van der Waals surface area contributed by atoms with Crippen molar-refractivity contribution in [3.8, 4) is 0 Å². The van der Waals surface area contributed by atoms with Crippen molar-refractivity contribution in [2.45, 2.75) is 62.7 Å². The molecular formula is C25H33NO3. The van der Waals surface area contributed by atoms with Crippen molar-refractivity contribution in [1.82, 2.24) is 0 Å². The molecule has 156 valence electrons. The van der Waals surface area contributed by atoms with E-state index in [-0.39, 0.29) is 18.2 Å². The first-order valence-corrected chi connectivity index (χ1v) is 10.9. The van der Waals surface area contributed by atoms with Crippen molar-refractivity contribution >= 4 is 0 Å². The third kappa shape index (κ3) is 5.26. The monoisotopic (exact) mass is 395 g/mol. The molecule has 2 aromatic carbocycles. The van der Waals surface area contributed by atoms with Gasteiger partial charge in [-0.1, -0.05) is 48.5 Å². The van der Waals surface area contributed by atoms with E-state index in [0.29, 0.717) is 25.7 Å². The number of benzene rings is 2. The quantitative estimate of drug-likeness (QED) is 0.669. The highest BCUT2D eigenvalue weighted by Crippen LogP contribution is 2.40. The zero-order valence-electron chi connectivity index (χ0n) is 17.2. The van der Waals surface area contributed by atoms with Crippen LogP contribution < -0.4 is 5.73 Å². The molecule has 0 aromatic heterocycles. The first-order chi connectivity index (χ1) is 14.1. The number of aliphatic hydroxyl groups excluding tert-OH is 1. The number of hydrogen-bond donors (Lipinski definition) is 2. The van der Waals surface area contributed by atoms with Gasteiger partial charge in [-0.3, -0.25) is 0 Å². The molecule has 29 heavy (non-hydrogen) atoms. The Balaban J connectivity index is 1.23. The van der Waals surface area contributed by atoms with Gasteiger partial charge in [0.2, 0.25) is 0 Å². The molecule has 0 amide bonds. The van der Waals surface area contributed by atoms with Crippen LogP contribution in [-0.2, 0) is 28.9 Å². The van der Waals surface area contributed by atoms with Crippen LogP contribution in [0.3, 0.4) is 0 Å². The molecule has 2 aliphatic carbocycles. The summed E-state index contributed by atoms with van der Waals surface area (Å²) in [6.07, 6.45) is 6.27. The first kappa shape index (κ1) is 20.5. The Labute approximate surface area is 174 Å². The van der Waals surface area contributed by atoms with Crippen molar-refractivity contribution in [2.24, 2.45) is 5.73 Å². The van der Waals surface area contributed by atoms with Gasteiger partial charge in [0.15, 0.2) is 0 Å². The van der Waals surface area contributed by atoms with Gasteiger partial charge in [-0.15, -0.1) is 0 Å². The maximum absolute atomic E-state index is 9.53. The van der Waals surface area contributed by atoms with Gasteiger partial charge in [-0.25, -0.2) is 0 Å². The highest BCUT2D eigenvalue weighted by Gasteiger charge is 2.36. The summed E-state index contributed by atoms with van der Waals surface area (Å²) < 4.78 is 11.8. The Morgan fingerprint density at radius 2 is 1.90 bits per heavy atom. The lowest BCUT2D eigenvalue weighted by Gasteiger charge is -2.26. The third-order valence-electron chi connectivity index (χ3n) is 6.54. The topological polar surface area (TPSA) is 64.7 Å². The maximum atomic E-state index is 9.53. The van der Waals surface area contributed by atoms with Crippen LogP contribution in [0.2, 0.25) is 0 Å². The predicted molar refractivity (Wildman–Crippen MR) is 115 cm³/mol. The van der Waals surface area contributed by atoms with Crippen molar-refractivity contribution in [3.63, 3.8) is 0 Å². The van der Waals surface area contributed by atoms with Crippen LogP contribution in [0.25, 0.3) is 0 Å². The number of ether oxygens (including phenoxy) is 2. The van der Waals surface area contributed by atoms with E-state index in [1.165, 1.54) is 22.3 Å². The summed E-state index contributed by atoms with van der Waals surface area (Å²) in [6, 6.07) is 17.2. The lowest BCUT2D eigenvalue weighted by atomic mass is 9.85. The van der Waals surface area contributed by atoms with E-state index < -0.39 is 0 Å². The molecule has 0 bridgehead atoms. The average Bonchev–Trinajstić information content (AvgIpc) is 3.16. The van der Waals surface area contributed by atoms with Crippen LogP contribution in [0.1, 0.15) is 53.9 Å². The number of hydrogen-bond acceptors (Lipinski definition) is 4. The number of aryl methyl sites for hydroxylation is 1. The highest BCUT2D eigenvalue weighted by molar-refractivity contribution is 5.37. The molecule has 0 saturated heterocycles. The van der Waals surface area contributed by atoms with Crippen LogP contribution >= 0.6 is 0 Å². The Bertz CT molecular complexity index is 794. The predicted octanol–water partition coefficient (Wildman–Crippen LogP) is 3.73. The normalized spacial score (nSPS) is 26.4. The van der Waals surface area contributed by atoms with Gasteiger partial charge in [0, 0.05) is 5.54 Å². The average molecular weight is 396 g/mol. The molecule has 3 atom stereocenters. The van der Waals surface area contributed by atoms with E-state index in [0.717, 1.165) is 38.5 Å². The Morgan fingerprint density at radius 1 is 1.03 bits per heavy atom. The van der Waals surface area contributed by atoms with Gasteiger partial charge in [0.25, 0.3) is 0 Å². The molecular weight excluding hydrogens is 362 g/mol. The summed E-state index contributed by atoms with van der Waals surface area (Å²) in [5, 5.41) is 9.53. The minimum absolute atomic E-state index is 0.0858. The van der Waals surface area contributed by atoms with Crippen molar-refractivity contribution in [3.05, 3.63) is 70.8 Å². The Morgan fingerprint density at radius 3 is 2.69 bits per heavy atom. The highest BCUT2D eigenvalue weighted by atomic mass is 16.5. The number of fused-ring (bicyclic) bond motifs is 1. The summed E-state index contributed by atoms with van der Waals surface area (Å²) in [5.41, 5.74) is 11.3. The number of aliphatic hydroxyl groups is 1. The zero-order chi connectivity index (χ0) is 20.1. The molecule has 0 spiro atoms. The summed E-state index contributed by atoms with van der Waals surface area (Å²) >= 11 is 0. The minimum atomic E-state index is -0.387.